The molecule has 0 bridgehead atoms. The summed E-state index contributed by atoms with van der Waals surface area (Å²) in [5, 5.41) is 3.52. The number of ketones is 1. The molecular weight excluding hydrogens is 460 g/mol. The lowest BCUT2D eigenvalue weighted by molar-refractivity contribution is -0.148. The lowest BCUT2D eigenvalue weighted by Crippen LogP contribution is -2.33. The quantitative estimate of drug-likeness (QED) is 0.525. The number of ether oxygens (including phenoxy) is 2. The Hall–Kier alpha value is -3.17. The molecule has 0 spiro atoms. The number of aromatic nitrogens is 1. The van der Waals surface area contributed by atoms with Crippen LogP contribution in [0.5, 0.6) is 0 Å². The van der Waals surface area contributed by atoms with Crippen molar-refractivity contribution in [3.63, 3.8) is 0 Å². The SMILES string of the molecule is CC1(C)CC(=O)c2c3c(n(-c4ccc(C(N)=O)c(N[C@H]5CC[C@H](OC(=O)CN)CC5)c4)c2C1)COC3. The van der Waals surface area contributed by atoms with Crippen molar-refractivity contribution in [2.45, 2.75) is 77.7 Å². The second kappa shape index (κ2) is 9.37. The number of primary amides is 1. The minimum atomic E-state index is -0.506. The van der Waals surface area contributed by atoms with Crippen LogP contribution in [-0.4, -0.2) is 40.9 Å². The molecule has 0 unspecified atom stereocenters. The van der Waals surface area contributed by atoms with Gasteiger partial charge in [-0.25, -0.2) is 0 Å². The molecule has 1 aromatic heterocycles. The van der Waals surface area contributed by atoms with E-state index in [4.69, 9.17) is 20.9 Å². The van der Waals surface area contributed by atoms with E-state index in [9.17, 15) is 14.4 Å². The number of nitrogens with two attached hydrogens (primary N) is 2. The molecule has 0 atom stereocenters. The van der Waals surface area contributed by atoms with E-state index in [1.54, 1.807) is 6.07 Å². The Labute approximate surface area is 210 Å². The molecule has 1 aliphatic heterocycles. The predicted octanol–water partition coefficient (Wildman–Crippen LogP) is 2.99. The number of esters is 1. The van der Waals surface area contributed by atoms with Gasteiger partial charge in [0.25, 0.3) is 5.91 Å². The van der Waals surface area contributed by atoms with Crippen LogP contribution >= 0.6 is 0 Å². The third kappa shape index (κ3) is 4.53. The van der Waals surface area contributed by atoms with Gasteiger partial charge in [0.05, 0.1) is 31.0 Å². The molecule has 9 heteroatoms. The topological polar surface area (TPSA) is 139 Å². The number of Topliss-reactive ketones (excluding diaryl/α,β-unsaturated/α-hetero) is 1. The molecule has 3 aliphatic rings. The number of nitrogens with one attached hydrogen (secondary N) is 1. The number of hydrogen-bond donors (Lipinski definition) is 3. The van der Waals surface area contributed by atoms with Crippen LogP contribution in [-0.2, 0) is 33.9 Å². The fourth-order valence-electron chi connectivity index (χ4n) is 5.92. The van der Waals surface area contributed by atoms with E-state index >= 15 is 0 Å². The molecule has 5 N–H and O–H groups in total. The summed E-state index contributed by atoms with van der Waals surface area (Å²) in [4.78, 5) is 36.9. The van der Waals surface area contributed by atoms with Gasteiger partial charge in [-0.2, -0.15) is 0 Å². The first kappa shape index (κ1) is 24.5. The van der Waals surface area contributed by atoms with Crippen LogP contribution in [0.3, 0.4) is 0 Å². The third-order valence-electron chi connectivity index (χ3n) is 7.55. The zero-order chi connectivity index (χ0) is 25.6. The molecule has 1 fully saturated rings. The summed E-state index contributed by atoms with van der Waals surface area (Å²) >= 11 is 0. The second-order valence-corrected chi connectivity index (χ2v) is 10.9. The summed E-state index contributed by atoms with van der Waals surface area (Å²) in [5.41, 5.74) is 16.7. The van der Waals surface area contributed by atoms with Crippen molar-refractivity contribution in [2.24, 2.45) is 16.9 Å². The van der Waals surface area contributed by atoms with Gasteiger partial charge < -0.3 is 30.8 Å². The Balaban J connectivity index is 1.46. The fourth-order valence-corrected chi connectivity index (χ4v) is 5.92. The molecule has 2 aromatic rings. The summed E-state index contributed by atoms with van der Waals surface area (Å²) in [7, 11) is 0. The Morgan fingerprint density at radius 1 is 1.14 bits per heavy atom. The van der Waals surface area contributed by atoms with Gasteiger partial charge in [-0.15, -0.1) is 0 Å². The van der Waals surface area contributed by atoms with E-state index in [2.05, 4.69) is 23.7 Å². The first-order chi connectivity index (χ1) is 17.2. The highest BCUT2D eigenvalue weighted by Crippen LogP contribution is 2.42. The van der Waals surface area contributed by atoms with E-state index in [1.807, 2.05) is 12.1 Å². The van der Waals surface area contributed by atoms with Crippen molar-refractivity contribution in [1.29, 1.82) is 0 Å². The van der Waals surface area contributed by atoms with Crippen molar-refractivity contribution >= 4 is 23.3 Å². The monoisotopic (exact) mass is 494 g/mol. The van der Waals surface area contributed by atoms with E-state index in [-0.39, 0.29) is 35.9 Å². The zero-order valence-corrected chi connectivity index (χ0v) is 20.9. The fraction of sp³-hybridized carbons (Fsp3) is 0.519. The maximum atomic E-state index is 13.1. The number of nitrogens with zero attached hydrogens (tertiary/aromatic N) is 1. The van der Waals surface area contributed by atoms with Gasteiger partial charge in [-0.05, 0) is 55.7 Å². The molecule has 0 saturated heterocycles. The number of anilines is 1. The largest absolute Gasteiger partial charge is 0.461 e. The Morgan fingerprint density at radius 3 is 2.58 bits per heavy atom. The number of benzene rings is 1. The molecule has 36 heavy (non-hydrogen) atoms. The molecule has 192 valence electrons. The smallest absolute Gasteiger partial charge is 0.319 e. The van der Waals surface area contributed by atoms with Gasteiger partial charge in [0.2, 0.25) is 0 Å². The molecule has 2 heterocycles. The highest BCUT2D eigenvalue weighted by molar-refractivity contribution is 6.01. The van der Waals surface area contributed by atoms with Crippen LogP contribution in [0.4, 0.5) is 5.69 Å². The van der Waals surface area contributed by atoms with E-state index in [0.29, 0.717) is 30.9 Å². The molecular formula is C27H34N4O5. The first-order valence-corrected chi connectivity index (χ1v) is 12.6. The number of carbonyl (C=O) groups is 3. The number of carbonyl (C=O) groups excluding carboxylic acids is 3. The van der Waals surface area contributed by atoms with Gasteiger partial charge in [0.1, 0.15) is 6.10 Å². The van der Waals surface area contributed by atoms with Crippen LogP contribution in [0.25, 0.3) is 5.69 Å². The third-order valence-corrected chi connectivity index (χ3v) is 7.55. The molecule has 2 aliphatic carbocycles. The Morgan fingerprint density at radius 2 is 1.89 bits per heavy atom. The zero-order valence-electron chi connectivity index (χ0n) is 20.9. The summed E-state index contributed by atoms with van der Waals surface area (Å²) in [6.07, 6.45) is 4.20. The lowest BCUT2D eigenvalue weighted by Gasteiger charge is -2.31. The Kier molecular flexibility index (Phi) is 6.38. The van der Waals surface area contributed by atoms with Crippen molar-refractivity contribution in [3.8, 4) is 5.69 Å². The van der Waals surface area contributed by atoms with E-state index in [0.717, 1.165) is 60.3 Å². The average molecular weight is 495 g/mol. The normalized spacial score (nSPS) is 22.6. The van der Waals surface area contributed by atoms with E-state index in [1.165, 1.54) is 0 Å². The van der Waals surface area contributed by atoms with Gasteiger partial charge in [0.15, 0.2) is 5.78 Å². The molecule has 1 saturated carbocycles. The van der Waals surface area contributed by atoms with Crippen LogP contribution in [0, 0.1) is 5.41 Å². The van der Waals surface area contributed by atoms with E-state index < -0.39 is 5.91 Å². The number of amides is 1. The van der Waals surface area contributed by atoms with Gasteiger partial charge in [0, 0.05) is 40.7 Å². The summed E-state index contributed by atoms with van der Waals surface area (Å²) in [6.45, 7) is 5.02. The highest BCUT2D eigenvalue weighted by atomic mass is 16.5. The molecule has 1 aromatic carbocycles. The summed E-state index contributed by atoms with van der Waals surface area (Å²) in [5.74, 6) is -0.724. The summed E-state index contributed by atoms with van der Waals surface area (Å²) in [6, 6.07) is 5.70. The molecule has 1 amide bonds. The van der Waals surface area contributed by atoms with Gasteiger partial charge >= 0.3 is 5.97 Å². The number of hydrogen-bond acceptors (Lipinski definition) is 7. The van der Waals surface area contributed by atoms with Gasteiger partial charge in [-0.3, -0.25) is 14.4 Å². The van der Waals surface area contributed by atoms with Crippen LogP contribution in [0.2, 0.25) is 0 Å². The standard InChI is InChI=1S/C27H34N4O5/c1-27(2)10-21-25(23(32)11-27)19-13-35-14-22(19)31(21)16-5-8-18(26(29)34)20(9-16)30-15-3-6-17(7-4-15)36-24(33)12-28/h5,8-9,15,17,30H,3-4,6-7,10-14,28H2,1-2H3,(H2,29,34)/t15-,17-. The highest BCUT2D eigenvalue weighted by Gasteiger charge is 2.39. The molecule has 9 nitrogen and oxygen atoms in total. The predicted molar refractivity (Wildman–Crippen MR) is 134 cm³/mol. The van der Waals surface area contributed by atoms with Gasteiger partial charge in [-0.1, -0.05) is 13.8 Å². The van der Waals surface area contributed by atoms with Crippen molar-refractivity contribution in [1.82, 2.24) is 4.57 Å². The number of fused-ring (bicyclic) bond motifs is 3. The van der Waals surface area contributed by atoms with Crippen LogP contribution < -0.4 is 16.8 Å². The molecule has 0 radical (unpaired) electrons. The molecule has 5 rings (SSSR count). The van der Waals surface area contributed by atoms with Crippen molar-refractivity contribution in [3.05, 3.63) is 46.3 Å². The second-order valence-electron chi connectivity index (χ2n) is 10.9. The van der Waals surface area contributed by atoms with Crippen molar-refractivity contribution in [2.75, 3.05) is 11.9 Å². The minimum Gasteiger partial charge on any atom is -0.461 e. The van der Waals surface area contributed by atoms with Crippen LogP contribution in [0.1, 0.15) is 83.6 Å². The van der Waals surface area contributed by atoms with Crippen molar-refractivity contribution < 1.29 is 23.9 Å². The lowest BCUT2D eigenvalue weighted by atomic mass is 9.75. The number of rotatable bonds is 6. The Bertz CT molecular complexity index is 1220. The maximum absolute atomic E-state index is 13.1. The minimum absolute atomic E-state index is 0.110. The summed E-state index contributed by atoms with van der Waals surface area (Å²) < 4.78 is 13.3. The average Bonchev–Trinajstić information content (AvgIpc) is 3.39. The first-order valence-electron chi connectivity index (χ1n) is 12.6. The maximum Gasteiger partial charge on any atom is 0.319 e. The van der Waals surface area contributed by atoms with Crippen LogP contribution in [0.15, 0.2) is 18.2 Å².